The number of rotatable bonds is 4. The molecule has 6 nitrogen and oxygen atoms in total. The van der Waals surface area contributed by atoms with Crippen molar-refractivity contribution in [3.05, 3.63) is 24.3 Å². The van der Waals surface area contributed by atoms with Gasteiger partial charge >= 0.3 is 0 Å². The Balaban J connectivity index is 1.61. The summed E-state index contributed by atoms with van der Waals surface area (Å²) in [6, 6.07) is 5.76. The highest BCUT2D eigenvalue weighted by atomic mass is 19.3. The normalized spacial score (nSPS) is 25.8. The van der Waals surface area contributed by atoms with Crippen LogP contribution in [0.15, 0.2) is 24.3 Å². The lowest BCUT2D eigenvalue weighted by atomic mass is 10.1. The van der Waals surface area contributed by atoms with Gasteiger partial charge in [0.15, 0.2) is 0 Å². The summed E-state index contributed by atoms with van der Waals surface area (Å²) in [6.45, 7) is -0.189. The van der Waals surface area contributed by atoms with Gasteiger partial charge in [-0.3, -0.25) is 14.9 Å². The average Bonchev–Trinajstić information content (AvgIpc) is 3.09. The summed E-state index contributed by atoms with van der Waals surface area (Å²) in [4.78, 5) is 25.8. The van der Waals surface area contributed by atoms with E-state index in [1.807, 2.05) is 0 Å². The van der Waals surface area contributed by atoms with Crippen molar-refractivity contribution in [2.24, 2.45) is 0 Å². The van der Waals surface area contributed by atoms with E-state index in [0.717, 1.165) is 0 Å². The molecule has 3 rings (SSSR count). The zero-order valence-corrected chi connectivity index (χ0v) is 13.2. The van der Waals surface area contributed by atoms with Crippen molar-refractivity contribution < 1.29 is 23.1 Å². The summed E-state index contributed by atoms with van der Waals surface area (Å²) in [5, 5.41) is 5.20. The van der Waals surface area contributed by atoms with Crippen LogP contribution in [0, 0.1) is 0 Å². The van der Waals surface area contributed by atoms with Gasteiger partial charge in [0, 0.05) is 31.1 Å². The van der Waals surface area contributed by atoms with E-state index < -0.39 is 36.9 Å². The van der Waals surface area contributed by atoms with Gasteiger partial charge < -0.3 is 15.0 Å². The molecular weight excluding hydrogens is 320 g/mol. The van der Waals surface area contributed by atoms with Crippen LogP contribution in [0.2, 0.25) is 0 Å². The van der Waals surface area contributed by atoms with E-state index in [1.165, 1.54) is 0 Å². The lowest BCUT2D eigenvalue weighted by Crippen LogP contribution is -2.46. The highest BCUT2D eigenvalue weighted by molar-refractivity contribution is 5.97. The Morgan fingerprint density at radius 1 is 1.46 bits per heavy atom. The van der Waals surface area contributed by atoms with Crippen molar-refractivity contribution >= 4 is 17.5 Å². The minimum absolute atomic E-state index is 0.127. The molecule has 2 heterocycles. The molecule has 2 aliphatic heterocycles. The number of amides is 2. The first-order valence-corrected chi connectivity index (χ1v) is 7.74. The first-order chi connectivity index (χ1) is 11.4. The minimum Gasteiger partial charge on any atom is -0.497 e. The standard InChI is InChI=1S/C16H19F2N3O3/c1-24-12-4-2-3-11(6-12)21-8-10(5-14(21)22)20-15(23)13-7-16(17,18)9-19-13/h2-4,6,10,13,19H,5,7-9H2,1H3,(H,20,23). The number of halogens is 2. The summed E-state index contributed by atoms with van der Waals surface area (Å²) < 4.78 is 31.5. The molecule has 8 heteroatoms. The van der Waals surface area contributed by atoms with Crippen molar-refractivity contribution in [2.45, 2.75) is 30.8 Å². The summed E-state index contributed by atoms with van der Waals surface area (Å²) in [5.41, 5.74) is 0.682. The first kappa shape index (κ1) is 16.6. The molecule has 130 valence electrons. The Morgan fingerprint density at radius 3 is 2.92 bits per heavy atom. The van der Waals surface area contributed by atoms with Gasteiger partial charge in [0.25, 0.3) is 5.92 Å². The van der Waals surface area contributed by atoms with E-state index >= 15 is 0 Å². The summed E-state index contributed by atoms with van der Waals surface area (Å²) >= 11 is 0. The van der Waals surface area contributed by atoms with Gasteiger partial charge in [-0.25, -0.2) is 8.78 Å². The van der Waals surface area contributed by atoms with Gasteiger partial charge in [0.1, 0.15) is 5.75 Å². The van der Waals surface area contributed by atoms with Gasteiger partial charge in [-0.1, -0.05) is 6.07 Å². The predicted molar refractivity (Wildman–Crippen MR) is 83.2 cm³/mol. The molecule has 0 spiro atoms. The molecule has 2 fully saturated rings. The maximum absolute atomic E-state index is 13.2. The molecule has 0 aromatic heterocycles. The Labute approximate surface area is 138 Å². The van der Waals surface area contributed by atoms with Crippen molar-refractivity contribution in [1.82, 2.24) is 10.6 Å². The van der Waals surface area contributed by atoms with Crippen LogP contribution in [-0.2, 0) is 9.59 Å². The smallest absolute Gasteiger partial charge is 0.262 e. The maximum atomic E-state index is 13.2. The molecule has 2 atom stereocenters. The Bertz CT molecular complexity index is 653. The predicted octanol–water partition coefficient (Wildman–Crippen LogP) is 0.914. The molecule has 2 amide bonds. The summed E-state index contributed by atoms with van der Waals surface area (Å²) in [5.74, 6) is -2.85. The van der Waals surface area contributed by atoms with Crippen molar-refractivity contribution in [3.63, 3.8) is 0 Å². The fourth-order valence-electron chi connectivity index (χ4n) is 3.03. The summed E-state index contributed by atoms with van der Waals surface area (Å²) in [7, 11) is 1.54. The van der Waals surface area contributed by atoms with Crippen LogP contribution in [0.25, 0.3) is 0 Å². The zero-order valence-electron chi connectivity index (χ0n) is 13.2. The van der Waals surface area contributed by atoms with Gasteiger partial charge in [-0.2, -0.15) is 0 Å². The van der Waals surface area contributed by atoms with E-state index in [1.54, 1.807) is 36.3 Å². The number of ether oxygens (including phenoxy) is 1. The van der Waals surface area contributed by atoms with Gasteiger partial charge in [0.05, 0.1) is 25.7 Å². The van der Waals surface area contributed by atoms with Crippen LogP contribution in [0.3, 0.4) is 0 Å². The molecule has 2 saturated heterocycles. The minimum atomic E-state index is -2.86. The lowest BCUT2D eigenvalue weighted by molar-refractivity contribution is -0.124. The Morgan fingerprint density at radius 2 is 2.25 bits per heavy atom. The third-order valence-electron chi connectivity index (χ3n) is 4.26. The van der Waals surface area contributed by atoms with Gasteiger partial charge in [-0.05, 0) is 12.1 Å². The maximum Gasteiger partial charge on any atom is 0.262 e. The SMILES string of the molecule is COc1cccc(N2CC(NC(=O)C3CC(F)(F)CN3)CC2=O)c1. The molecule has 0 bridgehead atoms. The van der Waals surface area contributed by atoms with E-state index in [4.69, 9.17) is 4.74 Å². The molecule has 2 aliphatic rings. The van der Waals surface area contributed by atoms with Crippen LogP contribution in [0.4, 0.5) is 14.5 Å². The zero-order chi connectivity index (χ0) is 17.3. The molecule has 2 unspecified atom stereocenters. The van der Waals surface area contributed by atoms with E-state index in [-0.39, 0.29) is 12.3 Å². The van der Waals surface area contributed by atoms with Crippen LogP contribution in [0.5, 0.6) is 5.75 Å². The number of hydrogen-bond donors (Lipinski definition) is 2. The molecule has 24 heavy (non-hydrogen) atoms. The third-order valence-corrected chi connectivity index (χ3v) is 4.26. The van der Waals surface area contributed by atoms with Gasteiger partial charge in [0.2, 0.25) is 11.8 Å². The Kier molecular flexibility index (Phi) is 4.40. The number of carbonyl (C=O) groups is 2. The second-order valence-corrected chi connectivity index (χ2v) is 6.11. The molecular formula is C16H19F2N3O3. The highest BCUT2D eigenvalue weighted by Gasteiger charge is 2.43. The quantitative estimate of drug-likeness (QED) is 0.856. The summed E-state index contributed by atoms with van der Waals surface area (Å²) in [6.07, 6.45) is -0.370. The molecule has 1 aromatic rings. The van der Waals surface area contributed by atoms with E-state index in [9.17, 15) is 18.4 Å². The van der Waals surface area contributed by atoms with E-state index in [0.29, 0.717) is 18.0 Å². The number of anilines is 1. The number of hydrogen-bond acceptors (Lipinski definition) is 4. The molecule has 0 radical (unpaired) electrons. The number of nitrogens with one attached hydrogen (secondary N) is 2. The second-order valence-electron chi connectivity index (χ2n) is 6.11. The van der Waals surface area contributed by atoms with Crippen LogP contribution in [0.1, 0.15) is 12.8 Å². The van der Waals surface area contributed by atoms with Crippen molar-refractivity contribution in [2.75, 3.05) is 25.1 Å². The monoisotopic (exact) mass is 339 g/mol. The number of benzene rings is 1. The fraction of sp³-hybridized carbons (Fsp3) is 0.500. The van der Waals surface area contributed by atoms with Gasteiger partial charge in [-0.15, -0.1) is 0 Å². The molecule has 0 aliphatic carbocycles. The third kappa shape index (κ3) is 3.48. The van der Waals surface area contributed by atoms with Crippen molar-refractivity contribution in [1.29, 1.82) is 0 Å². The second kappa shape index (κ2) is 6.35. The number of methoxy groups -OCH3 is 1. The first-order valence-electron chi connectivity index (χ1n) is 7.74. The van der Waals surface area contributed by atoms with E-state index in [2.05, 4.69) is 10.6 Å². The molecule has 0 saturated carbocycles. The number of carbonyl (C=O) groups excluding carboxylic acids is 2. The lowest BCUT2D eigenvalue weighted by Gasteiger charge is -2.19. The molecule has 2 N–H and O–H groups in total. The fourth-order valence-corrected chi connectivity index (χ4v) is 3.03. The number of nitrogens with zero attached hydrogens (tertiary/aromatic N) is 1. The van der Waals surface area contributed by atoms with Crippen LogP contribution < -0.4 is 20.3 Å². The highest BCUT2D eigenvalue weighted by Crippen LogP contribution is 2.27. The van der Waals surface area contributed by atoms with Crippen LogP contribution in [-0.4, -0.2) is 50.0 Å². The topological polar surface area (TPSA) is 70.7 Å². The number of alkyl halides is 2. The van der Waals surface area contributed by atoms with Crippen LogP contribution >= 0.6 is 0 Å². The average molecular weight is 339 g/mol. The van der Waals surface area contributed by atoms with Crippen molar-refractivity contribution in [3.8, 4) is 5.75 Å². The Hall–Kier alpha value is -2.22. The largest absolute Gasteiger partial charge is 0.497 e. The molecule has 1 aromatic carbocycles.